The van der Waals surface area contributed by atoms with Gasteiger partial charge < -0.3 is 4.74 Å². The van der Waals surface area contributed by atoms with Gasteiger partial charge in [-0.2, -0.15) is 0 Å². The van der Waals surface area contributed by atoms with Gasteiger partial charge in [-0.15, -0.1) is 0 Å². The molecular formula is C15H19NO2. The van der Waals surface area contributed by atoms with Gasteiger partial charge in [0.15, 0.2) is 0 Å². The standard InChI is InChI=1S/C15H19NO2/c17-15(16-13-9-5-4-6-10-13)18-14-11-7-2-1-3-8-12-14/h2,4-7,9-10,14H,1,3,8,11-12H2,(H,16,17)/b7-2+/t14-/m0/s1. The summed E-state index contributed by atoms with van der Waals surface area (Å²) in [6.07, 6.45) is 9.14. The van der Waals surface area contributed by atoms with Crippen molar-refractivity contribution in [2.24, 2.45) is 0 Å². The van der Waals surface area contributed by atoms with Crippen molar-refractivity contribution in [2.75, 3.05) is 5.32 Å². The second-order valence-corrected chi connectivity index (χ2v) is 4.51. The molecule has 0 radical (unpaired) electrons. The Labute approximate surface area is 108 Å². The summed E-state index contributed by atoms with van der Waals surface area (Å²) in [5.74, 6) is 0. The molecule has 1 atom stereocenters. The molecule has 1 N–H and O–H groups in total. The highest BCUT2D eigenvalue weighted by molar-refractivity contribution is 5.84. The first-order valence-electron chi connectivity index (χ1n) is 6.52. The third-order valence-electron chi connectivity index (χ3n) is 3.01. The molecule has 1 aliphatic rings. The Balaban J connectivity index is 1.83. The number of carbonyl (C=O) groups excluding carboxylic acids is 1. The Morgan fingerprint density at radius 2 is 2.00 bits per heavy atom. The van der Waals surface area contributed by atoms with Crippen LogP contribution in [-0.4, -0.2) is 12.2 Å². The fraction of sp³-hybridized carbons (Fsp3) is 0.400. The van der Waals surface area contributed by atoms with Crippen molar-refractivity contribution in [1.29, 1.82) is 0 Å². The van der Waals surface area contributed by atoms with E-state index in [0.29, 0.717) is 0 Å². The van der Waals surface area contributed by atoms with E-state index in [1.807, 2.05) is 30.3 Å². The second-order valence-electron chi connectivity index (χ2n) is 4.51. The zero-order valence-electron chi connectivity index (χ0n) is 10.5. The molecule has 1 aromatic carbocycles. The Kier molecular flexibility index (Phi) is 4.82. The lowest BCUT2D eigenvalue weighted by Gasteiger charge is -2.18. The van der Waals surface area contributed by atoms with Gasteiger partial charge in [0.25, 0.3) is 0 Å². The van der Waals surface area contributed by atoms with Gasteiger partial charge in [0.05, 0.1) is 0 Å². The maximum absolute atomic E-state index is 11.7. The Hall–Kier alpha value is -1.77. The zero-order chi connectivity index (χ0) is 12.6. The number of ether oxygens (including phenoxy) is 1. The Bertz CT molecular complexity index is 400. The van der Waals surface area contributed by atoms with E-state index in [0.717, 1.165) is 31.4 Å². The van der Waals surface area contributed by atoms with Crippen molar-refractivity contribution in [3.05, 3.63) is 42.5 Å². The number of allylic oxidation sites excluding steroid dienone is 1. The van der Waals surface area contributed by atoms with Crippen LogP contribution in [0.3, 0.4) is 0 Å². The number of nitrogens with one attached hydrogen (secondary N) is 1. The number of para-hydroxylation sites is 1. The van der Waals surface area contributed by atoms with Crippen LogP contribution < -0.4 is 5.32 Å². The molecule has 3 heteroatoms. The van der Waals surface area contributed by atoms with Crippen LogP contribution in [0, 0.1) is 0 Å². The van der Waals surface area contributed by atoms with Crippen LogP contribution in [-0.2, 0) is 4.74 Å². The van der Waals surface area contributed by atoms with Gasteiger partial charge in [0, 0.05) is 12.1 Å². The van der Waals surface area contributed by atoms with Gasteiger partial charge in [0.1, 0.15) is 6.10 Å². The highest BCUT2D eigenvalue weighted by atomic mass is 16.6. The minimum absolute atomic E-state index is 0.00487. The van der Waals surface area contributed by atoms with Gasteiger partial charge in [-0.05, 0) is 37.8 Å². The van der Waals surface area contributed by atoms with E-state index in [1.54, 1.807) is 0 Å². The van der Waals surface area contributed by atoms with Gasteiger partial charge >= 0.3 is 6.09 Å². The molecule has 0 unspecified atom stereocenters. The fourth-order valence-electron chi connectivity index (χ4n) is 2.05. The largest absolute Gasteiger partial charge is 0.446 e. The number of hydrogen-bond donors (Lipinski definition) is 1. The summed E-state index contributed by atoms with van der Waals surface area (Å²) in [7, 11) is 0. The number of anilines is 1. The molecule has 0 saturated carbocycles. The molecule has 0 aliphatic heterocycles. The minimum Gasteiger partial charge on any atom is -0.446 e. The first-order chi connectivity index (χ1) is 8.84. The van der Waals surface area contributed by atoms with Gasteiger partial charge in [-0.3, -0.25) is 5.32 Å². The summed E-state index contributed by atoms with van der Waals surface area (Å²) in [5.41, 5.74) is 0.767. The third kappa shape index (κ3) is 4.24. The van der Waals surface area contributed by atoms with Crippen LogP contribution in [0.25, 0.3) is 0 Å². The predicted molar refractivity (Wildman–Crippen MR) is 72.6 cm³/mol. The fourth-order valence-corrected chi connectivity index (χ4v) is 2.05. The SMILES string of the molecule is O=C(Nc1ccccc1)O[C@H]1C/C=C/CCCC1. The first-order valence-corrected chi connectivity index (χ1v) is 6.52. The summed E-state index contributed by atoms with van der Waals surface area (Å²) < 4.78 is 5.43. The summed E-state index contributed by atoms with van der Waals surface area (Å²) in [4.78, 5) is 11.7. The molecule has 2 rings (SSSR count). The number of hydrogen-bond acceptors (Lipinski definition) is 2. The smallest absolute Gasteiger partial charge is 0.411 e. The molecule has 0 saturated heterocycles. The lowest BCUT2D eigenvalue weighted by molar-refractivity contribution is 0.104. The van der Waals surface area contributed by atoms with Crippen LogP contribution in [0.2, 0.25) is 0 Å². The van der Waals surface area contributed by atoms with Gasteiger partial charge in [-0.1, -0.05) is 30.4 Å². The van der Waals surface area contributed by atoms with Crippen molar-refractivity contribution >= 4 is 11.8 Å². The Morgan fingerprint density at radius 1 is 1.17 bits per heavy atom. The number of amides is 1. The van der Waals surface area contributed by atoms with E-state index in [-0.39, 0.29) is 12.2 Å². The van der Waals surface area contributed by atoms with E-state index in [1.165, 1.54) is 6.42 Å². The molecule has 18 heavy (non-hydrogen) atoms. The number of rotatable bonds is 2. The average Bonchev–Trinajstić information content (AvgIpc) is 2.34. The molecule has 0 spiro atoms. The normalized spacial score (nSPS) is 21.4. The van der Waals surface area contributed by atoms with Crippen LogP contribution in [0.4, 0.5) is 10.5 Å². The molecule has 3 nitrogen and oxygen atoms in total. The van der Waals surface area contributed by atoms with Crippen LogP contribution >= 0.6 is 0 Å². The van der Waals surface area contributed by atoms with Gasteiger partial charge in [-0.25, -0.2) is 4.79 Å². The predicted octanol–water partition coefficient (Wildman–Crippen LogP) is 4.12. The third-order valence-corrected chi connectivity index (χ3v) is 3.01. The topological polar surface area (TPSA) is 38.3 Å². The van der Waals surface area contributed by atoms with E-state index in [9.17, 15) is 4.79 Å². The van der Waals surface area contributed by atoms with Crippen molar-refractivity contribution in [3.8, 4) is 0 Å². The van der Waals surface area contributed by atoms with E-state index >= 15 is 0 Å². The quantitative estimate of drug-likeness (QED) is 0.796. The average molecular weight is 245 g/mol. The maximum Gasteiger partial charge on any atom is 0.411 e. The monoisotopic (exact) mass is 245 g/mol. The van der Waals surface area contributed by atoms with E-state index in [4.69, 9.17) is 4.74 Å². The van der Waals surface area contributed by atoms with Crippen LogP contribution in [0.5, 0.6) is 0 Å². The van der Waals surface area contributed by atoms with Gasteiger partial charge in [0.2, 0.25) is 0 Å². The first kappa shape index (κ1) is 12.7. The van der Waals surface area contributed by atoms with E-state index < -0.39 is 0 Å². The second kappa shape index (κ2) is 6.84. The summed E-state index contributed by atoms with van der Waals surface area (Å²) in [6, 6.07) is 9.37. The maximum atomic E-state index is 11.7. The zero-order valence-corrected chi connectivity index (χ0v) is 10.5. The lowest BCUT2D eigenvalue weighted by atomic mass is 10.0. The summed E-state index contributed by atoms with van der Waals surface area (Å²) >= 11 is 0. The summed E-state index contributed by atoms with van der Waals surface area (Å²) in [6.45, 7) is 0. The molecule has 1 aromatic rings. The molecule has 96 valence electrons. The highest BCUT2D eigenvalue weighted by Crippen LogP contribution is 2.16. The number of carbonyl (C=O) groups is 1. The van der Waals surface area contributed by atoms with Crippen molar-refractivity contribution in [1.82, 2.24) is 0 Å². The lowest BCUT2D eigenvalue weighted by Crippen LogP contribution is -2.22. The van der Waals surface area contributed by atoms with E-state index in [2.05, 4.69) is 17.5 Å². The molecular weight excluding hydrogens is 226 g/mol. The van der Waals surface area contributed by atoms with Crippen molar-refractivity contribution in [2.45, 2.75) is 38.2 Å². The molecule has 0 heterocycles. The summed E-state index contributed by atoms with van der Waals surface area (Å²) in [5, 5.41) is 2.74. The molecule has 0 fully saturated rings. The minimum atomic E-state index is -0.361. The van der Waals surface area contributed by atoms with Crippen molar-refractivity contribution < 1.29 is 9.53 Å². The van der Waals surface area contributed by atoms with Crippen molar-refractivity contribution in [3.63, 3.8) is 0 Å². The molecule has 0 aromatic heterocycles. The Morgan fingerprint density at radius 3 is 2.83 bits per heavy atom. The number of benzene rings is 1. The molecule has 1 amide bonds. The highest BCUT2D eigenvalue weighted by Gasteiger charge is 2.13. The van der Waals surface area contributed by atoms with Crippen LogP contribution in [0.15, 0.2) is 42.5 Å². The molecule has 0 bridgehead atoms. The van der Waals surface area contributed by atoms with Crippen LogP contribution in [0.1, 0.15) is 32.1 Å². The molecule has 1 aliphatic carbocycles.